The fraction of sp³-hybridized carbons (Fsp3) is 0.462. The molecular formula is C13H18BrNO3. The number of hydrogen-bond acceptors (Lipinski definition) is 3. The molecule has 1 amide bonds. The molecule has 0 aliphatic rings. The van der Waals surface area contributed by atoms with E-state index in [1.165, 1.54) is 6.92 Å². The molecule has 0 spiro atoms. The third-order valence-electron chi connectivity index (χ3n) is 2.81. The van der Waals surface area contributed by atoms with Gasteiger partial charge in [0.25, 0.3) is 0 Å². The van der Waals surface area contributed by atoms with Crippen LogP contribution < -0.4 is 5.32 Å². The molecule has 3 N–H and O–H groups in total. The van der Waals surface area contributed by atoms with Crippen LogP contribution in [0.2, 0.25) is 0 Å². The number of rotatable bonds is 5. The van der Waals surface area contributed by atoms with E-state index in [2.05, 4.69) is 21.2 Å². The zero-order chi connectivity index (χ0) is 13.7. The van der Waals surface area contributed by atoms with E-state index in [0.29, 0.717) is 18.5 Å². The van der Waals surface area contributed by atoms with Crippen molar-refractivity contribution < 1.29 is 15.0 Å². The van der Waals surface area contributed by atoms with Crippen LogP contribution in [0.15, 0.2) is 22.7 Å². The topological polar surface area (TPSA) is 69.6 Å². The summed E-state index contributed by atoms with van der Waals surface area (Å²) in [6.07, 6.45) is -1.53. The lowest BCUT2D eigenvalue weighted by Gasteiger charge is -2.20. The van der Waals surface area contributed by atoms with Crippen LogP contribution in [-0.2, 0) is 4.79 Å². The lowest BCUT2D eigenvalue weighted by molar-refractivity contribution is -0.119. The van der Waals surface area contributed by atoms with Crippen molar-refractivity contribution in [3.05, 3.63) is 33.8 Å². The van der Waals surface area contributed by atoms with Gasteiger partial charge < -0.3 is 15.5 Å². The van der Waals surface area contributed by atoms with Gasteiger partial charge in [-0.1, -0.05) is 28.1 Å². The molecular weight excluding hydrogens is 298 g/mol. The molecule has 18 heavy (non-hydrogen) atoms. The predicted molar refractivity (Wildman–Crippen MR) is 73.1 cm³/mol. The number of aliphatic hydroxyl groups excluding tert-OH is 2. The second-order valence-electron chi connectivity index (χ2n) is 4.24. The molecule has 0 saturated heterocycles. The molecule has 0 saturated carbocycles. The van der Waals surface area contributed by atoms with Gasteiger partial charge in [0.2, 0.25) is 5.91 Å². The first-order valence-corrected chi connectivity index (χ1v) is 6.58. The lowest BCUT2D eigenvalue weighted by atomic mass is 9.98. The maximum atomic E-state index is 10.7. The SMILES string of the molecule is CC(=O)NCCC(O)C(O)c1cccc(Br)c1C. The highest BCUT2D eigenvalue weighted by Gasteiger charge is 2.20. The second kappa shape index (κ2) is 6.87. The van der Waals surface area contributed by atoms with Crippen LogP contribution in [0.5, 0.6) is 0 Å². The quantitative estimate of drug-likeness (QED) is 0.774. The Morgan fingerprint density at radius 3 is 2.72 bits per heavy atom. The van der Waals surface area contributed by atoms with Gasteiger partial charge in [-0.3, -0.25) is 4.79 Å². The highest BCUT2D eigenvalue weighted by molar-refractivity contribution is 9.10. The summed E-state index contributed by atoms with van der Waals surface area (Å²) in [4.78, 5) is 10.7. The molecule has 2 unspecified atom stereocenters. The molecule has 0 fully saturated rings. The van der Waals surface area contributed by atoms with Gasteiger partial charge >= 0.3 is 0 Å². The van der Waals surface area contributed by atoms with Crippen LogP contribution in [0.1, 0.15) is 30.6 Å². The number of amides is 1. The van der Waals surface area contributed by atoms with E-state index in [1.54, 1.807) is 6.07 Å². The van der Waals surface area contributed by atoms with E-state index in [1.807, 2.05) is 19.1 Å². The summed E-state index contributed by atoms with van der Waals surface area (Å²) in [6, 6.07) is 5.48. The third-order valence-corrected chi connectivity index (χ3v) is 3.67. The molecule has 5 heteroatoms. The Labute approximate surface area is 115 Å². The minimum absolute atomic E-state index is 0.143. The van der Waals surface area contributed by atoms with Crippen LogP contribution in [-0.4, -0.2) is 28.8 Å². The molecule has 1 aromatic rings. The Balaban J connectivity index is 2.65. The molecule has 1 rings (SSSR count). The van der Waals surface area contributed by atoms with Crippen LogP contribution in [0.4, 0.5) is 0 Å². The predicted octanol–water partition coefficient (Wildman–Crippen LogP) is 1.68. The molecule has 2 atom stereocenters. The molecule has 0 aromatic heterocycles. The van der Waals surface area contributed by atoms with E-state index in [-0.39, 0.29) is 5.91 Å². The standard InChI is InChI=1S/C13H18BrNO3/c1-8-10(4-3-5-11(8)14)13(18)12(17)6-7-15-9(2)16/h3-5,12-13,17-18H,6-7H2,1-2H3,(H,15,16). The number of carbonyl (C=O) groups excluding carboxylic acids is 1. The van der Waals surface area contributed by atoms with Crippen LogP contribution in [0, 0.1) is 6.92 Å². The molecule has 0 aliphatic heterocycles. The van der Waals surface area contributed by atoms with E-state index < -0.39 is 12.2 Å². The number of hydrogen-bond donors (Lipinski definition) is 3. The Morgan fingerprint density at radius 2 is 2.11 bits per heavy atom. The fourth-order valence-corrected chi connectivity index (χ4v) is 2.09. The first kappa shape index (κ1) is 15.1. The van der Waals surface area contributed by atoms with Crippen molar-refractivity contribution in [1.82, 2.24) is 5.32 Å². The van der Waals surface area contributed by atoms with Gasteiger partial charge in [-0.05, 0) is 30.5 Å². The molecule has 4 nitrogen and oxygen atoms in total. The van der Waals surface area contributed by atoms with E-state index in [4.69, 9.17) is 0 Å². The maximum Gasteiger partial charge on any atom is 0.216 e. The summed E-state index contributed by atoms with van der Waals surface area (Å²) in [5, 5.41) is 22.5. The average Bonchev–Trinajstić information content (AvgIpc) is 2.31. The van der Waals surface area contributed by atoms with Crippen LogP contribution >= 0.6 is 15.9 Å². The number of nitrogens with one attached hydrogen (secondary N) is 1. The number of carbonyl (C=O) groups is 1. The minimum atomic E-state index is -0.948. The van der Waals surface area contributed by atoms with Crippen molar-refractivity contribution in [1.29, 1.82) is 0 Å². The zero-order valence-electron chi connectivity index (χ0n) is 10.5. The summed E-state index contributed by atoms with van der Waals surface area (Å²) < 4.78 is 0.896. The monoisotopic (exact) mass is 315 g/mol. The Morgan fingerprint density at radius 1 is 1.44 bits per heavy atom. The maximum absolute atomic E-state index is 10.7. The van der Waals surface area contributed by atoms with E-state index in [0.717, 1.165) is 10.0 Å². The summed E-state index contributed by atoms with van der Waals surface area (Å²) in [6.45, 7) is 3.64. The molecule has 0 radical (unpaired) electrons. The highest BCUT2D eigenvalue weighted by atomic mass is 79.9. The van der Waals surface area contributed by atoms with Gasteiger partial charge in [-0.25, -0.2) is 0 Å². The van der Waals surface area contributed by atoms with Crippen molar-refractivity contribution in [2.24, 2.45) is 0 Å². The Hall–Kier alpha value is -0.910. The van der Waals surface area contributed by atoms with Gasteiger partial charge in [-0.2, -0.15) is 0 Å². The number of benzene rings is 1. The molecule has 1 aromatic carbocycles. The van der Waals surface area contributed by atoms with Crippen molar-refractivity contribution in [2.75, 3.05) is 6.54 Å². The Bertz CT molecular complexity index is 423. The van der Waals surface area contributed by atoms with Crippen molar-refractivity contribution in [3.63, 3.8) is 0 Å². The largest absolute Gasteiger partial charge is 0.390 e. The smallest absolute Gasteiger partial charge is 0.216 e. The van der Waals surface area contributed by atoms with E-state index >= 15 is 0 Å². The molecule has 100 valence electrons. The fourth-order valence-electron chi connectivity index (χ4n) is 1.71. The lowest BCUT2D eigenvalue weighted by Crippen LogP contribution is -2.28. The first-order valence-electron chi connectivity index (χ1n) is 5.79. The molecule has 0 bridgehead atoms. The summed E-state index contributed by atoms with van der Waals surface area (Å²) in [5.74, 6) is -0.143. The molecule has 0 aliphatic carbocycles. The number of aliphatic hydroxyl groups is 2. The summed E-state index contributed by atoms with van der Waals surface area (Å²) in [5.41, 5.74) is 1.60. The van der Waals surface area contributed by atoms with Crippen molar-refractivity contribution >= 4 is 21.8 Å². The highest BCUT2D eigenvalue weighted by Crippen LogP contribution is 2.27. The zero-order valence-corrected chi connectivity index (χ0v) is 12.1. The van der Waals surface area contributed by atoms with Crippen LogP contribution in [0.25, 0.3) is 0 Å². The van der Waals surface area contributed by atoms with Gasteiger partial charge in [-0.15, -0.1) is 0 Å². The molecule has 0 heterocycles. The third kappa shape index (κ3) is 4.08. The minimum Gasteiger partial charge on any atom is -0.390 e. The van der Waals surface area contributed by atoms with Gasteiger partial charge in [0.1, 0.15) is 6.10 Å². The van der Waals surface area contributed by atoms with Gasteiger partial charge in [0.15, 0.2) is 0 Å². The second-order valence-corrected chi connectivity index (χ2v) is 5.09. The normalized spacial score (nSPS) is 14.1. The van der Waals surface area contributed by atoms with E-state index in [9.17, 15) is 15.0 Å². The number of halogens is 1. The van der Waals surface area contributed by atoms with Crippen LogP contribution in [0.3, 0.4) is 0 Å². The van der Waals surface area contributed by atoms with Crippen molar-refractivity contribution in [3.8, 4) is 0 Å². The van der Waals surface area contributed by atoms with Crippen molar-refractivity contribution in [2.45, 2.75) is 32.5 Å². The first-order chi connectivity index (χ1) is 8.43. The summed E-state index contributed by atoms with van der Waals surface area (Å²) in [7, 11) is 0. The van der Waals surface area contributed by atoms with Gasteiger partial charge in [0, 0.05) is 17.9 Å². The average molecular weight is 316 g/mol. The Kier molecular flexibility index (Phi) is 5.78. The summed E-state index contributed by atoms with van der Waals surface area (Å²) >= 11 is 3.39. The van der Waals surface area contributed by atoms with Gasteiger partial charge in [0.05, 0.1) is 6.10 Å².